The molecule has 5 aromatic heterocycles. The molecule has 0 aliphatic carbocycles. The third-order valence-corrected chi connectivity index (χ3v) is 6.10. The molecular formula is C21H20ClN9OS. The first kappa shape index (κ1) is 21.4. The van der Waals surface area contributed by atoms with Crippen molar-refractivity contribution in [1.82, 2.24) is 39.1 Å². The zero-order valence-electron chi connectivity index (χ0n) is 17.6. The molecule has 12 heteroatoms. The average Bonchev–Trinajstić information content (AvgIpc) is 3.53. The monoisotopic (exact) mass is 481 g/mol. The minimum atomic E-state index is -0.260. The quantitative estimate of drug-likeness (QED) is 0.421. The number of halogens is 1. The lowest BCUT2D eigenvalue weighted by Crippen LogP contribution is -2.33. The molecule has 6 heterocycles. The van der Waals surface area contributed by atoms with Crippen LogP contribution in [-0.2, 0) is 0 Å². The number of hydrogen-bond acceptors (Lipinski definition) is 7. The number of H-pyrrole nitrogens is 1. The van der Waals surface area contributed by atoms with E-state index in [-0.39, 0.29) is 25.1 Å². The average molecular weight is 482 g/mol. The van der Waals surface area contributed by atoms with Gasteiger partial charge in [0.25, 0.3) is 5.56 Å². The van der Waals surface area contributed by atoms with Gasteiger partial charge in [-0.2, -0.15) is 18.6 Å². The van der Waals surface area contributed by atoms with Gasteiger partial charge >= 0.3 is 0 Å². The van der Waals surface area contributed by atoms with E-state index in [2.05, 4.69) is 29.8 Å². The smallest absolute Gasteiger partial charge is 0.285 e. The summed E-state index contributed by atoms with van der Waals surface area (Å²) >= 11 is 6.33. The van der Waals surface area contributed by atoms with Crippen LogP contribution in [0.15, 0.2) is 47.9 Å². The molecule has 0 amide bonds. The van der Waals surface area contributed by atoms with Crippen molar-refractivity contribution in [3.63, 3.8) is 0 Å². The number of aryl methyl sites for hydroxylation is 1. The van der Waals surface area contributed by atoms with Crippen molar-refractivity contribution in [2.75, 3.05) is 11.4 Å². The standard InChI is InChI=1S/C21H18ClN9O.H2S/c1-12-4-2-6-15(27-12)31-19(28-30-9-7-13(22)17(30)21(31)32)14-5-3-8-29(14)20-16-18(24-10-23-16)25-11-26-20;/h2,4,6-7,9-11,14H,3,5,8H2,1H3,(H,23,24,25,26);1H2/t14-;/m0./s1. The third-order valence-electron chi connectivity index (χ3n) is 5.79. The highest BCUT2D eigenvalue weighted by Gasteiger charge is 2.34. The van der Waals surface area contributed by atoms with Crippen LogP contribution in [0.4, 0.5) is 5.82 Å². The predicted octanol–water partition coefficient (Wildman–Crippen LogP) is 2.96. The predicted molar refractivity (Wildman–Crippen MR) is 130 cm³/mol. The summed E-state index contributed by atoms with van der Waals surface area (Å²) in [5, 5.41) is 5.19. The third kappa shape index (κ3) is 3.35. The van der Waals surface area contributed by atoms with E-state index in [9.17, 15) is 4.79 Å². The molecule has 1 saturated heterocycles. The second-order valence-corrected chi connectivity index (χ2v) is 8.15. The Balaban J connectivity index is 0.00000228. The van der Waals surface area contributed by atoms with Crippen molar-refractivity contribution in [2.45, 2.75) is 25.8 Å². The molecule has 10 nitrogen and oxygen atoms in total. The van der Waals surface area contributed by atoms with Gasteiger partial charge in [0.05, 0.1) is 17.4 Å². The molecule has 33 heavy (non-hydrogen) atoms. The van der Waals surface area contributed by atoms with Crippen LogP contribution in [0.25, 0.3) is 22.5 Å². The van der Waals surface area contributed by atoms with E-state index < -0.39 is 0 Å². The lowest BCUT2D eigenvalue weighted by atomic mass is 10.2. The fraction of sp³-hybridized carbons (Fsp3) is 0.238. The maximum atomic E-state index is 13.6. The second-order valence-electron chi connectivity index (χ2n) is 7.74. The van der Waals surface area contributed by atoms with Gasteiger partial charge in [-0.05, 0) is 38.0 Å². The van der Waals surface area contributed by atoms with Gasteiger partial charge in [0.1, 0.15) is 23.2 Å². The van der Waals surface area contributed by atoms with Crippen molar-refractivity contribution < 1.29 is 0 Å². The molecule has 0 aromatic carbocycles. The van der Waals surface area contributed by atoms with Gasteiger partial charge in [-0.3, -0.25) is 4.79 Å². The number of aromatic amines is 1. The molecule has 5 aromatic rings. The molecule has 1 N–H and O–H groups in total. The summed E-state index contributed by atoms with van der Waals surface area (Å²) in [4.78, 5) is 36.5. The van der Waals surface area contributed by atoms with E-state index in [0.717, 1.165) is 36.4 Å². The van der Waals surface area contributed by atoms with Crippen LogP contribution in [0.5, 0.6) is 0 Å². The molecule has 1 fully saturated rings. The van der Waals surface area contributed by atoms with Crippen LogP contribution < -0.4 is 10.5 Å². The largest absolute Gasteiger partial charge is 0.344 e. The summed E-state index contributed by atoms with van der Waals surface area (Å²) in [7, 11) is 0. The number of rotatable bonds is 3. The first-order chi connectivity index (χ1) is 15.6. The summed E-state index contributed by atoms with van der Waals surface area (Å²) in [6.07, 6.45) is 6.54. The van der Waals surface area contributed by atoms with Crippen molar-refractivity contribution in [2.24, 2.45) is 0 Å². The SMILES string of the molecule is Cc1cccc(-n2c([C@@H]3CCCN3c3ncnc4nc[nH]c34)nn3ccc(Cl)c3c2=O)n1.S. The molecule has 168 valence electrons. The Kier molecular flexibility index (Phi) is 5.29. The van der Waals surface area contributed by atoms with Gasteiger partial charge in [-0.1, -0.05) is 17.7 Å². The van der Waals surface area contributed by atoms with Gasteiger partial charge in [0, 0.05) is 18.4 Å². The number of hydrogen-bond donors (Lipinski definition) is 1. The minimum absolute atomic E-state index is 0. The number of aromatic nitrogens is 8. The minimum Gasteiger partial charge on any atom is -0.344 e. The van der Waals surface area contributed by atoms with Gasteiger partial charge in [-0.15, -0.1) is 0 Å². The van der Waals surface area contributed by atoms with Gasteiger partial charge < -0.3 is 9.88 Å². The van der Waals surface area contributed by atoms with E-state index >= 15 is 0 Å². The number of anilines is 1. The summed E-state index contributed by atoms with van der Waals surface area (Å²) in [5.74, 6) is 1.83. The Labute approximate surface area is 199 Å². The summed E-state index contributed by atoms with van der Waals surface area (Å²) in [6.45, 7) is 2.65. The summed E-state index contributed by atoms with van der Waals surface area (Å²) < 4.78 is 3.12. The van der Waals surface area contributed by atoms with E-state index in [0.29, 0.717) is 27.8 Å². The molecule has 6 rings (SSSR count). The Bertz CT molecular complexity index is 1540. The first-order valence-electron chi connectivity index (χ1n) is 10.3. The highest BCUT2D eigenvalue weighted by molar-refractivity contribution is 7.59. The van der Waals surface area contributed by atoms with E-state index in [4.69, 9.17) is 16.7 Å². The molecule has 0 spiro atoms. The summed E-state index contributed by atoms with van der Waals surface area (Å²) in [5.41, 5.74) is 2.22. The highest BCUT2D eigenvalue weighted by atomic mass is 35.5. The normalized spacial score (nSPS) is 15.9. The topological polar surface area (TPSA) is 110 Å². The first-order valence-corrected chi connectivity index (χ1v) is 10.6. The molecule has 0 bridgehead atoms. The molecule has 0 saturated carbocycles. The zero-order valence-corrected chi connectivity index (χ0v) is 19.4. The van der Waals surface area contributed by atoms with Crippen LogP contribution in [0.2, 0.25) is 5.02 Å². The van der Waals surface area contributed by atoms with Crippen LogP contribution >= 0.6 is 25.1 Å². The number of nitrogens with one attached hydrogen (secondary N) is 1. The fourth-order valence-corrected chi connectivity index (χ4v) is 4.62. The Morgan fingerprint density at radius 1 is 1.18 bits per heavy atom. The van der Waals surface area contributed by atoms with Crippen LogP contribution in [0.3, 0.4) is 0 Å². The van der Waals surface area contributed by atoms with Crippen molar-refractivity contribution in [3.8, 4) is 5.82 Å². The summed E-state index contributed by atoms with van der Waals surface area (Å²) in [6, 6.07) is 7.06. The van der Waals surface area contributed by atoms with E-state index in [1.165, 1.54) is 6.33 Å². The van der Waals surface area contributed by atoms with Crippen LogP contribution in [0, 0.1) is 6.92 Å². The van der Waals surface area contributed by atoms with E-state index in [1.807, 2.05) is 25.1 Å². The van der Waals surface area contributed by atoms with Gasteiger partial charge in [0.15, 0.2) is 17.3 Å². The maximum absolute atomic E-state index is 13.6. The molecular weight excluding hydrogens is 462 g/mol. The molecule has 0 radical (unpaired) electrons. The Morgan fingerprint density at radius 3 is 2.91 bits per heavy atom. The van der Waals surface area contributed by atoms with Crippen molar-refractivity contribution in [3.05, 3.63) is 70.0 Å². The van der Waals surface area contributed by atoms with Crippen molar-refractivity contribution >= 4 is 47.6 Å². The number of nitrogens with zero attached hydrogens (tertiary/aromatic N) is 8. The maximum Gasteiger partial charge on any atom is 0.285 e. The van der Waals surface area contributed by atoms with Crippen LogP contribution in [0.1, 0.15) is 30.4 Å². The molecule has 1 aliphatic heterocycles. The van der Waals surface area contributed by atoms with Gasteiger partial charge in [0.2, 0.25) is 0 Å². The zero-order chi connectivity index (χ0) is 21.8. The van der Waals surface area contributed by atoms with Crippen molar-refractivity contribution in [1.29, 1.82) is 0 Å². The number of fused-ring (bicyclic) bond motifs is 2. The second kappa shape index (κ2) is 8.16. The Hall–Kier alpha value is -3.44. The fourth-order valence-electron chi connectivity index (χ4n) is 4.40. The lowest BCUT2D eigenvalue weighted by Gasteiger charge is -2.27. The molecule has 1 atom stereocenters. The van der Waals surface area contributed by atoms with Crippen LogP contribution in [-0.4, -0.2) is 45.6 Å². The molecule has 1 aliphatic rings. The molecule has 0 unspecified atom stereocenters. The Morgan fingerprint density at radius 2 is 2.06 bits per heavy atom. The lowest BCUT2D eigenvalue weighted by molar-refractivity contribution is 0.597. The number of imidazole rings is 1. The number of pyridine rings is 1. The van der Waals surface area contributed by atoms with E-state index in [1.54, 1.807) is 27.7 Å². The highest BCUT2D eigenvalue weighted by Crippen LogP contribution is 2.36. The van der Waals surface area contributed by atoms with Gasteiger partial charge in [-0.25, -0.2) is 29.0 Å².